The first-order chi connectivity index (χ1) is 9.68. The average Bonchev–Trinajstić information content (AvgIpc) is 3.19. The third kappa shape index (κ3) is 2.52. The maximum Gasteiger partial charge on any atom is 0.271 e. The van der Waals surface area contributed by atoms with E-state index in [2.05, 4.69) is 10.9 Å². The minimum absolute atomic E-state index is 0.0673. The van der Waals surface area contributed by atoms with Crippen molar-refractivity contribution in [2.24, 2.45) is 17.8 Å². The van der Waals surface area contributed by atoms with Gasteiger partial charge in [0.25, 0.3) is 5.91 Å². The van der Waals surface area contributed by atoms with Crippen molar-refractivity contribution in [3.8, 4) is 0 Å². The molecule has 0 aromatic heterocycles. The van der Waals surface area contributed by atoms with Crippen LogP contribution >= 0.6 is 11.6 Å². The minimum Gasteiger partial charge on any atom is -0.273 e. The second kappa shape index (κ2) is 5.44. The van der Waals surface area contributed by atoms with Crippen LogP contribution in [0.3, 0.4) is 0 Å². The topological polar surface area (TPSA) is 58.2 Å². The zero-order chi connectivity index (χ0) is 14.1. The Morgan fingerprint density at radius 2 is 1.70 bits per heavy atom. The second-order valence-corrected chi connectivity index (χ2v) is 5.97. The maximum absolute atomic E-state index is 12.0. The second-order valence-electron chi connectivity index (χ2n) is 5.56. The third-order valence-corrected chi connectivity index (χ3v) is 4.71. The smallest absolute Gasteiger partial charge is 0.271 e. The number of nitrogens with one attached hydrogen (secondary N) is 2. The fraction of sp³-hybridized carbons (Fsp3) is 0.467. The normalized spacial score (nSPS) is 27.4. The summed E-state index contributed by atoms with van der Waals surface area (Å²) in [7, 11) is 0. The Kier molecular flexibility index (Phi) is 3.66. The van der Waals surface area contributed by atoms with Crippen LogP contribution in [-0.4, -0.2) is 11.8 Å². The Bertz CT molecular complexity index is 534. The summed E-state index contributed by atoms with van der Waals surface area (Å²) in [5.74, 6) is 0.695. The summed E-state index contributed by atoms with van der Waals surface area (Å²) in [5.41, 5.74) is 5.34. The number of amides is 2. The van der Waals surface area contributed by atoms with E-state index in [-0.39, 0.29) is 17.7 Å². The Labute approximate surface area is 122 Å². The Morgan fingerprint density at radius 3 is 2.35 bits per heavy atom. The summed E-state index contributed by atoms with van der Waals surface area (Å²) in [5, 5.41) is 0.374. The molecule has 2 aliphatic rings. The lowest BCUT2D eigenvalue weighted by atomic mass is 10.0. The van der Waals surface area contributed by atoms with E-state index in [4.69, 9.17) is 11.6 Å². The molecular formula is C15H17ClN2O2. The highest BCUT2D eigenvalue weighted by atomic mass is 35.5. The fourth-order valence-corrected chi connectivity index (χ4v) is 3.52. The average molecular weight is 293 g/mol. The molecule has 4 nitrogen and oxygen atoms in total. The quantitative estimate of drug-likeness (QED) is 0.823. The van der Waals surface area contributed by atoms with Crippen LogP contribution in [0.15, 0.2) is 24.3 Å². The van der Waals surface area contributed by atoms with Gasteiger partial charge in [-0.1, -0.05) is 36.6 Å². The molecular weight excluding hydrogens is 276 g/mol. The number of benzene rings is 1. The van der Waals surface area contributed by atoms with Gasteiger partial charge in [-0.25, -0.2) is 0 Å². The van der Waals surface area contributed by atoms with Gasteiger partial charge in [-0.05, 0) is 36.8 Å². The molecule has 2 saturated carbocycles. The molecule has 3 rings (SSSR count). The standard InChI is InChI=1S/C15H17ClN2O2/c16-12-8-4-3-7-11(12)14(19)17-18-15(20)13-9-5-1-2-6-10(9)13/h3-4,7-10,13H,1-2,5-6H2,(H,17,19)(H,18,20)/t9-,10+,13?. The van der Waals surface area contributed by atoms with Gasteiger partial charge in [0.15, 0.2) is 0 Å². The Hall–Kier alpha value is -1.55. The number of hydrazine groups is 1. The zero-order valence-corrected chi connectivity index (χ0v) is 11.8. The van der Waals surface area contributed by atoms with Crippen LogP contribution in [0.25, 0.3) is 0 Å². The highest BCUT2D eigenvalue weighted by Crippen LogP contribution is 2.55. The molecule has 1 aromatic carbocycles. The van der Waals surface area contributed by atoms with Crippen LogP contribution in [0.5, 0.6) is 0 Å². The molecule has 5 heteroatoms. The molecule has 2 amide bonds. The van der Waals surface area contributed by atoms with Crippen molar-refractivity contribution >= 4 is 23.4 Å². The van der Waals surface area contributed by atoms with Gasteiger partial charge in [0, 0.05) is 5.92 Å². The van der Waals surface area contributed by atoms with Gasteiger partial charge in [-0.2, -0.15) is 0 Å². The van der Waals surface area contributed by atoms with Gasteiger partial charge in [0.2, 0.25) is 5.91 Å². The van der Waals surface area contributed by atoms with Crippen molar-refractivity contribution in [3.63, 3.8) is 0 Å². The molecule has 0 saturated heterocycles. The van der Waals surface area contributed by atoms with E-state index in [1.807, 2.05) is 0 Å². The van der Waals surface area contributed by atoms with Crippen molar-refractivity contribution in [3.05, 3.63) is 34.9 Å². The number of carbonyl (C=O) groups excluding carboxylic acids is 2. The largest absolute Gasteiger partial charge is 0.273 e. The molecule has 0 aliphatic heterocycles. The first kappa shape index (κ1) is 13.4. The van der Waals surface area contributed by atoms with E-state index < -0.39 is 0 Å². The molecule has 3 atom stereocenters. The summed E-state index contributed by atoms with van der Waals surface area (Å²) >= 11 is 5.94. The molecule has 0 heterocycles. The Morgan fingerprint density at radius 1 is 1.05 bits per heavy atom. The third-order valence-electron chi connectivity index (χ3n) is 4.38. The molecule has 106 valence electrons. The number of hydrogen-bond acceptors (Lipinski definition) is 2. The summed E-state index contributed by atoms with van der Waals surface area (Å²) in [6, 6.07) is 6.76. The molecule has 0 bridgehead atoms. The van der Waals surface area contributed by atoms with Crippen molar-refractivity contribution in [1.82, 2.24) is 10.9 Å². The SMILES string of the molecule is O=C(NNC(=O)C1[C@H]2CCCC[C@@H]12)c1ccccc1Cl. The van der Waals surface area contributed by atoms with Crippen LogP contribution in [0.2, 0.25) is 5.02 Å². The van der Waals surface area contributed by atoms with Gasteiger partial charge in [-0.15, -0.1) is 0 Å². The van der Waals surface area contributed by atoms with Crippen molar-refractivity contribution in [2.75, 3.05) is 0 Å². The van der Waals surface area contributed by atoms with E-state index >= 15 is 0 Å². The first-order valence-electron chi connectivity index (χ1n) is 7.03. The van der Waals surface area contributed by atoms with Gasteiger partial charge < -0.3 is 0 Å². The van der Waals surface area contributed by atoms with Crippen molar-refractivity contribution in [1.29, 1.82) is 0 Å². The van der Waals surface area contributed by atoms with E-state index in [9.17, 15) is 9.59 Å². The van der Waals surface area contributed by atoms with Crippen LogP contribution < -0.4 is 10.9 Å². The summed E-state index contributed by atoms with van der Waals surface area (Å²) in [6.07, 6.45) is 4.72. The molecule has 0 radical (unpaired) electrons. The van der Waals surface area contributed by atoms with E-state index in [0.29, 0.717) is 22.4 Å². The Balaban J connectivity index is 1.54. The molecule has 0 spiro atoms. The molecule has 1 aromatic rings. The number of halogens is 1. The van der Waals surface area contributed by atoms with Gasteiger partial charge >= 0.3 is 0 Å². The first-order valence-corrected chi connectivity index (χ1v) is 7.41. The van der Waals surface area contributed by atoms with Gasteiger partial charge in [-0.3, -0.25) is 20.4 Å². The van der Waals surface area contributed by atoms with Crippen LogP contribution in [0.1, 0.15) is 36.0 Å². The fourth-order valence-electron chi connectivity index (χ4n) is 3.30. The van der Waals surface area contributed by atoms with Crippen LogP contribution in [-0.2, 0) is 4.79 Å². The predicted octanol–water partition coefficient (Wildman–Crippen LogP) is 2.54. The van der Waals surface area contributed by atoms with E-state index in [1.54, 1.807) is 24.3 Å². The minimum atomic E-state index is -0.382. The van der Waals surface area contributed by atoms with Crippen LogP contribution in [0.4, 0.5) is 0 Å². The number of rotatable bonds is 2. The van der Waals surface area contributed by atoms with E-state index in [0.717, 1.165) is 12.8 Å². The number of carbonyl (C=O) groups is 2. The summed E-state index contributed by atoms with van der Waals surface area (Å²) < 4.78 is 0. The molecule has 1 unspecified atom stereocenters. The maximum atomic E-state index is 12.0. The number of hydrogen-bond donors (Lipinski definition) is 2. The molecule has 2 N–H and O–H groups in total. The van der Waals surface area contributed by atoms with Crippen LogP contribution in [0, 0.1) is 17.8 Å². The zero-order valence-electron chi connectivity index (χ0n) is 11.1. The lowest BCUT2D eigenvalue weighted by Gasteiger charge is -2.08. The van der Waals surface area contributed by atoms with Crippen molar-refractivity contribution in [2.45, 2.75) is 25.7 Å². The predicted molar refractivity (Wildman–Crippen MR) is 76.0 cm³/mol. The molecule has 20 heavy (non-hydrogen) atoms. The summed E-state index contributed by atoms with van der Waals surface area (Å²) in [4.78, 5) is 24.0. The lowest BCUT2D eigenvalue weighted by molar-refractivity contribution is -0.123. The monoisotopic (exact) mass is 292 g/mol. The summed E-state index contributed by atoms with van der Waals surface area (Å²) in [6.45, 7) is 0. The molecule has 2 aliphatic carbocycles. The van der Waals surface area contributed by atoms with Gasteiger partial charge in [0.1, 0.15) is 0 Å². The van der Waals surface area contributed by atoms with Gasteiger partial charge in [0.05, 0.1) is 10.6 Å². The van der Waals surface area contributed by atoms with Crippen molar-refractivity contribution < 1.29 is 9.59 Å². The highest BCUT2D eigenvalue weighted by Gasteiger charge is 2.54. The lowest BCUT2D eigenvalue weighted by Crippen LogP contribution is -2.43. The number of fused-ring (bicyclic) bond motifs is 1. The molecule has 2 fully saturated rings. The highest BCUT2D eigenvalue weighted by molar-refractivity contribution is 6.33. The van der Waals surface area contributed by atoms with E-state index in [1.165, 1.54) is 12.8 Å².